The molecule has 152 valence electrons. The standard InChI is InChI=1S/C22H23NO6/c1-28-17-9-5-8-16(14-17)19-18(20(25)15-6-3-2-4-7-15)21(26)22(27)23(19)10-12-29-13-11-24/h2-9,14,19,24-25H,10-13H2,1H3/b20-18+. The first-order chi connectivity index (χ1) is 14.1. The van der Waals surface area contributed by atoms with Gasteiger partial charge in [-0.05, 0) is 17.7 Å². The fourth-order valence-corrected chi connectivity index (χ4v) is 3.35. The van der Waals surface area contributed by atoms with Crippen LogP contribution in [0.25, 0.3) is 5.76 Å². The van der Waals surface area contributed by atoms with Crippen molar-refractivity contribution < 1.29 is 29.3 Å². The second-order valence-corrected chi connectivity index (χ2v) is 6.47. The van der Waals surface area contributed by atoms with Gasteiger partial charge in [-0.25, -0.2) is 0 Å². The molecule has 1 unspecified atom stereocenters. The van der Waals surface area contributed by atoms with Crippen molar-refractivity contribution in [3.8, 4) is 5.75 Å². The molecule has 7 heteroatoms. The molecule has 0 spiro atoms. The van der Waals surface area contributed by atoms with Crippen molar-refractivity contribution in [2.75, 3.05) is 33.5 Å². The van der Waals surface area contributed by atoms with E-state index in [1.807, 2.05) is 0 Å². The number of nitrogens with zero attached hydrogens (tertiary/aromatic N) is 1. The largest absolute Gasteiger partial charge is 0.507 e. The lowest BCUT2D eigenvalue weighted by Gasteiger charge is -2.25. The Morgan fingerprint density at radius 2 is 1.83 bits per heavy atom. The van der Waals surface area contributed by atoms with Crippen LogP contribution in [0.15, 0.2) is 60.2 Å². The van der Waals surface area contributed by atoms with Crippen LogP contribution in [-0.2, 0) is 14.3 Å². The van der Waals surface area contributed by atoms with Gasteiger partial charge in [-0.1, -0.05) is 42.5 Å². The minimum absolute atomic E-state index is 0.0246. The number of carbonyl (C=O) groups excluding carboxylic acids is 2. The number of Topliss-reactive ketones (excluding diaryl/α,β-unsaturated/α-hetero) is 1. The van der Waals surface area contributed by atoms with Crippen molar-refractivity contribution in [1.29, 1.82) is 0 Å². The maximum absolute atomic E-state index is 12.8. The summed E-state index contributed by atoms with van der Waals surface area (Å²) < 4.78 is 10.6. The lowest BCUT2D eigenvalue weighted by molar-refractivity contribution is -0.140. The van der Waals surface area contributed by atoms with Crippen LogP contribution in [0.2, 0.25) is 0 Å². The molecule has 2 N–H and O–H groups in total. The summed E-state index contributed by atoms with van der Waals surface area (Å²) in [5.74, 6) is -1.11. The maximum atomic E-state index is 12.8. The van der Waals surface area contributed by atoms with E-state index in [0.29, 0.717) is 16.9 Å². The molecule has 0 aliphatic carbocycles. The van der Waals surface area contributed by atoms with Crippen LogP contribution in [0, 0.1) is 0 Å². The zero-order valence-electron chi connectivity index (χ0n) is 16.1. The summed E-state index contributed by atoms with van der Waals surface area (Å²) in [6.07, 6.45) is 0. The highest BCUT2D eigenvalue weighted by atomic mass is 16.5. The Kier molecular flexibility index (Phi) is 6.64. The van der Waals surface area contributed by atoms with Crippen LogP contribution < -0.4 is 4.74 Å². The summed E-state index contributed by atoms with van der Waals surface area (Å²) in [5, 5.41) is 19.7. The van der Waals surface area contributed by atoms with E-state index in [1.54, 1.807) is 54.6 Å². The van der Waals surface area contributed by atoms with Gasteiger partial charge in [0.2, 0.25) is 0 Å². The number of benzene rings is 2. The van der Waals surface area contributed by atoms with Gasteiger partial charge in [-0.15, -0.1) is 0 Å². The third-order valence-corrected chi connectivity index (χ3v) is 4.71. The summed E-state index contributed by atoms with van der Waals surface area (Å²) in [5.41, 5.74) is 1.12. The van der Waals surface area contributed by atoms with E-state index in [1.165, 1.54) is 12.0 Å². The first kappa shape index (κ1) is 20.6. The number of ketones is 1. The lowest BCUT2D eigenvalue weighted by atomic mass is 9.95. The Morgan fingerprint density at radius 1 is 1.07 bits per heavy atom. The maximum Gasteiger partial charge on any atom is 0.295 e. The highest BCUT2D eigenvalue weighted by molar-refractivity contribution is 6.46. The van der Waals surface area contributed by atoms with Crippen molar-refractivity contribution in [2.45, 2.75) is 6.04 Å². The molecule has 0 radical (unpaired) electrons. The zero-order chi connectivity index (χ0) is 20.8. The molecular weight excluding hydrogens is 374 g/mol. The molecule has 1 fully saturated rings. The molecule has 1 aliphatic heterocycles. The van der Waals surface area contributed by atoms with E-state index >= 15 is 0 Å². The molecule has 1 saturated heterocycles. The highest BCUT2D eigenvalue weighted by Crippen LogP contribution is 2.39. The van der Waals surface area contributed by atoms with Crippen molar-refractivity contribution in [1.82, 2.24) is 4.90 Å². The van der Waals surface area contributed by atoms with Crippen LogP contribution >= 0.6 is 0 Å². The molecule has 1 heterocycles. The van der Waals surface area contributed by atoms with Crippen molar-refractivity contribution in [3.63, 3.8) is 0 Å². The zero-order valence-corrected chi connectivity index (χ0v) is 16.1. The minimum Gasteiger partial charge on any atom is -0.507 e. The third kappa shape index (κ3) is 4.31. The summed E-state index contributed by atoms with van der Waals surface area (Å²) in [7, 11) is 1.53. The smallest absolute Gasteiger partial charge is 0.295 e. The van der Waals surface area contributed by atoms with Crippen molar-refractivity contribution >= 4 is 17.4 Å². The van der Waals surface area contributed by atoms with E-state index in [0.717, 1.165) is 0 Å². The van der Waals surface area contributed by atoms with Gasteiger partial charge in [0.25, 0.3) is 11.7 Å². The molecular formula is C22H23NO6. The van der Waals surface area contributed by atoms with Gasteiger partial charge in [-0.3, -0.25) is 9.59 Å². The van der Waals surface area contributed by atoms with Gasteiger partial charge in [0.15, 0.2) is 0 Å². The Labute approximate surface area is 168 Å². The fraction of sp³-hybridized carbons (Fsp3) is 0.273. The van der Waals surface area contributed by atoms with E-state index in [9.17, 15) is 14.7 Å². The molecule has 0 aromatic heterocycles. The highest BCUT2D eigenvalue weighted by Gasteiger charge is 2.45. The molecule has 29 heavy (non-hydrogen) atoms. The van der Waals surface area contributed by atoms with Crippen LogP contribution in [0.1, 0.15) is 17.2 Å². The average Bonchev–Trinajstić information content (AvgIpc) is 3.01. The molecule has 3 rings (SSSR count). The number of hydrogen-bond donors (Lipinski definition) is 2. The topological polar surface area (TPSA) is 96.3 Å². The molecule has 1 aliphatic rings. The number of methoxy groups -OCH3 is 1. The Bertz CT molecular complexity index is 909. The lowest BCUT2D eigenvalue weighted by Crippen LogP contribution is -2.33. The second-order valence-electron chi connectivity index (χ2n) is 6.47. The van der Waals surface area contributed by atoms with Gasteiger partial charge in [0, 0.05) is 12.1 Å². The fourth-order valence-electron chi connectivity index (χ4n) is 3.35. The summed E-state index contributed by atoms with van der Waals surface area (Å²) in [6, 6.07) is 14.9. The number of amides is 1. The van der Waals surface area contributed by atoms with E-state index in [2.05, 4.69) is 0 Å². The van der Waals surface area contributed by atoms with Gasteiger partial charge >= 0.3 is 0 Å². The molecule has 2 aromatic rings. The SMILES string of the molecule is COc1cccc(C2/C(=C(\O)c3ccccc3)C(=O)C(=O)N2CCOCCO)c1. The molecule has 7 nitrogen and oxygen atoms in total. The molecule has 2 aromatic carbocycles. The van der Waals surface area contributed by atoms with Gasteiger partial charge in [0.05, 0.1) is 38.5 Å². The number of rotatable bonds is 8. The van der Waals surface area contributed by atoms with Crippen molar-refractivity contribution in [3.05, 3.63) is 71.3 Å². The first-order valence-electron chi connectivity index (χ1n) is 9.25. The predicted molar refractivity (Wildman–Crippen MR) is 106 cm³/mol. The number of ether oxygens (including phenoxy) is 2. The number of carbonyl (C=O) groups is 2. The van der Waals surface area contributed by atoms with Crippen LogP contribution in [-0.4, -0.2) is 60.3 Å². The van der Waals surface area contributed by atoms with Crippen molar-refractivity contribution in [2.24, 2.45) is 0 Å². The third-order valence-electron chi connectivity index (χ3n) is 4.71. The molecule has 0 bridgehead atoms. The molecule has 0 saturated carbocycles. The van der Waals surface area contributed by atoms with Crippen LogP contribution in [0.5, 0.6) is 5.75 Å². The van der Waals surface area contributed by atoms with E-state index in [4.69, 9.17) is 14.6 Å². The summed E-state index contributed by atoms with van der Waals surface area (Å²) in [6.45, 7) is 0.293. The second kappa shape index (κ2) is 9.36. The Hall–Kier alpha value is -3.16. The minimum atomic E-state index is -0.775. The van der Waals surface area contributed by atoms with Gasteiger partial charge in [-0.2, -0.15) is 0 Å². The molecule has 1 atom stereocenters. The monoisotopic (exact) mass is 397 g/mol. The summed E-state index contributed by atoms with van der Waals surface area (Å²) >= 11 is 0. The normalized spacial score (nSPS) is 18.3. The summed E-state index contributed by atoms with van der Waals surface area (Å²) in [4.78, 5) is 27.0. The number of hydrogen-bond acceptors (Lipinski definition) is 6. The van der Waals surface area contributed by atoms with E-state index in [-0.39, 0.29) is 37.7 Å². The van der Waals surface area contributed by atoms with Crippen LogP contribution in [0.4, 0.5) is 0 Å². The number of likely N-dealkylation sites (tertiary alicyclic amines) is 1. The first-order valence-corrected chi connectivity index (χ1v) is 9.25. The predicted octanol–water partition coefficient (Wildman–Crippen LogP) is 2.13. The van der Waals surface area contributed by atoms with Crippen LogP contribution in [0.3, 0.4) is 0 Å². The molecule has 1 amide bonds. The average molecular weight is 397 g/mol. The Morgan fingerprint density at radius 3 is 2.52 bits per heavy atom. The number of aliphatic hydroxyl groups is 2. The quantitative estimate of drug-likeness (QED) is 0.307. The number of aliphatic hydroxyl groups excluding tert-OH is 2. The van der Waals surface area contributed by atoms with Gasteiger partial charge < -0.3 is 24.6 Å². The van der Waals surface area contributed by atoms with E-state index < -0.39 is 17.7 Å². The van der Waals surface area contributed by atoms with Gasteiger partial charge in [0.1, 0.15) is 11.5 Å². The Balaban J connectivity index is 2.07.